The van der Waals surface area contributed by atoms with Gasteiger partial charge in [-0.05, 0) is 23.3 Å². The van der Waals surface area contributed by atoms with Gasteiger partial charge in [0.05, 0.1) is 12.3 Å². The lowest BCUT2D eigenvalue weighted by Crippen LogP contribution is -2.38. The predicted octanol–water partition coefficient (Wildman–Crippen LogP) is 3.49. The molecule has 0 atom stereocenters. The Kier molecular flexibility index (Phi) is 4.13. The zero-order chi connectivity index (χ0) is 18.3. The van der Waals surface area contributed by atoms with Crippen LogP contribution >= 0.6 is 11.6 Å². The molecule has 2 aromatic carbocycles. The van der Waals surface area contributed by atoms with Crippen molar-refractivity contribution in [3.8, 4) is 11.1 Å². The van der Waals surface area contributed by atoms with Crippen molar-refractivity contribution in [3.05, 3.63) is 66.0 Å². The average Bonchev–Trinajstić information content (AvgIpc) is 2.62. The van der Waals surface area contributed by atoms with E-state index in [9.17, 15) is 12.8 Å². The van der Waals surface area contributed by atoms with Crippen molar-refractivity contribution in [1.29, 1.82) is 0 Å². The van der Waals surface area contributed by atoms with Crippen molar-refractivity contribution in [2.45, 2.75) is 0 Å². The van der Waals surface area contributed by atoms with Gasteiger partial charge in [0.15, 0.2) is 5.84 Å². The third-order valence-electron chi connectivity index (χ3n) is 4.12. The summed E-state index contributed by atoms with van der Waals surface area (Å²) in [7, 11) is -3.57. The van der Waals surface area contributed by atoms with E-state index in [0.29, 0.717) is 16.7 Å². The number of rotatable bonds is 2. The van der Waals surface area contributed by atoms with Crippen LogP contribution in [0.25, 0.3) is 16.7 Å². The topological polar surface area (TPSA) is 62.1 Å². The maximum Gasteiger partial charge on any atom is 0.256 e. The second-order valence-electron chi connectivity index (χ2n) is 5.87. The number of fused-ring (bicyclic) bond motifs is 1. The van der Waals surface area contributed by atoms with Crippen molar-refractivity contribution in [1.82, 2.24) is 5.01 Å². The van der Waals surface area contributed by atoms with Crippen LogP contribution < -0.4 is 0 Å². The molecular formula is C18H13ClFN3O2S. The maximum atomic E-state index is 14.7. The van der Waals surface area contributed by atoms with E-state index in [1.807, 2.05) is 30.3 Å². The normalized spacial score (nSPS) is 18.5. The summed E-state index contributed by atoms with van der Waals surface area (Å²) in [5, 5.41) is 5.70. The van der Waals surface area contributed by atoms with Gasteiger partial charge in [-0.2, -0.15) is 5.10 Å². The summed E-state index contributed by atoms with van der Waals surface area (Å²) in [6.07, 6.45) is 1.49. The van der Waals surface area contributed by atoms with Crippen molar-refractivity contribution < 1.29 is 12.8 Å². The van der Waals surface area contributed by atoms with Gasteiger partial charge in [-0.15, -0.1) is 4.40 Å². The molecule has 0 bridgehead atoms. The summed E-state index contributed by atoms with van der Waals surface area (Å²) in [6, 6.07) is 13.9. The molecule has 5 nitrogen and oxygen atoms in total. The Morgan fingerprint density at radius 1 is 1.08 bits per heavy atom. The maximum absolute atomic E-state index is 14.7. The smallest absolute Gasteiger partial charge is 0.244 e. The molecule has 2 aliphatic rings. The lowest BCUT2D eigenvalue weighted by Gasteiger charge is -2.28. The van der Waals surface area contributed by atoms with E-state index in [4.69, 9.17) is 11.6 Å². The lowest BCUT2D eigenvalue weighted by molar-refractivity contribution is 0.463. The number of hydrogen-bond donors (Lipinski definition) is 0. The molecule has 26 heavy (non-hydrogen) atoms. The number of hydrogen-bond acceptors (Lipinski definition) is 4. The van der Waals surface area contributed by atoms with E-state index in [1.165, 1.54) is 17.2 Å². The second-order valence-corrected chi connectivity index (χ2v) is 8.01. The first-order valence-corrected chi connectivity index (χ1v) is 9.83. The third-order valence-corrected chi connectivity index (χ3v) is 5.45. The molecule has 0 unspecified atom stereocenters. The number of sulfonamides is 1. The highest BCUT2D eigenvalue weighted by Crippen LogP contribution is 2.30. The molecule has 0 saturated heterocycles. The molecular weight excluding hydrogens is 377 g/mol. The van der Waals surface area contributed by atoms with Crippen LogP contribution in [0.3, 0.4) is 0 Å². The Bertz CT molecular complexity index is 1080. The molecule has 0 fully saturated rings. The molecule has 0 N–H and O–H groups in total. The van der Waals surface area contributed by atoms with Gasteiger partial charge in [0.1, 0.15) is 11.0 Å². The molecule has 8 heteroatoms. The van der Waals surface area contributed by atoms with Crippen molar-refractivity contribution >= 4 is 38.2 Å². The summed E-state index contributed by atoms with van der Waals surface area (Å²) in [6.45, 7) is 0.152. The fourth-order valence-corrected chi connectivity index (χ4v) is 4.04. The Balaban J connectivity index is 1.80. The van der Waals surface area contributed by atoms with Gasteiger partial charge in [0, 0.05) is 11.1 Å². The second kappa shape index (κ2) is 6.34. The van der Waals surface area contributed by atoms with Gasteiger partial charge in [-0.25, -0.2) is 17.8 Å². The van der Waals surface area contributed by atoms with Crippen LogP contribution in [0.5, 0.6) is 0 Å². The first kappa shape index (κ1) is 16.9. The third kappa shape index (κ3) is 3.15. The number of hydrazone groups is 1. The molecule has 2 aromatic rings. The number of allylic oxidation sites excluding steroid dienone is 1. The van der Waals surface area contributed by atoms with Gasteiger partial charge >= 0.3 is 0 Å². The van der Waals surface area contributed by atoms with E-state index in [1.54, 1.807) is 12.1 Å². The van der Waals surface area contributed by atoms with Gasteiger partial charge in [0.25, 0.3) is 10.0 Å². The fourth-order valence-electron chi connectivity index (χ4n) is 2.89. The van der Waals surface area contributed by atoms with Gasteiger partial charge in [0.2, 0.25) is 0 Å². The zero-order valence-corrected chi connectivity index (χ0v) is 15.0. The molecule has 132 valence electrons. The first-order chi connectivity index (χ1) is 12.4. The van der Waals surface area contributed by atoms with E-state index < -0.39 is 15.8 Å². The van der Waals surface area contributed by atoms with E-state index >= 15 is 0 Å². The number of benzene rings is 2. The Hall–Kier alpha value is -2.51. The van der Waals surface area contributed by atoms with E-state index in [0.717, 1.165) is 5.56 Å². The monoisotopic (exact) mass is 389 g/mol. The van der Waals surface area contributed by atoms with Gasteiger partial charge in [-0.1, -0.05) is 54.1 Å². The summed E-state index contributed by atoms with van der Waals surface area (Å²) in [5.74, 6) is -0.398. The SMILES string of the molecule is O=S1(=O)CCN2N=C(Cl)C=C(c3ccc(-c4ccccc4)c(F)c3)C2=N1. The van der Waals surface area contributed by atoms with Crippen molar-refractivity contribution in [2.24, 2.45) is 9.50 Å². The number of amidine groups is 1. The fraction of sp³-hybridized carbons (Fsp3) is 0.111. The van der Waals surface area contributed by atoms with Crippen LogP contribution in [-0.2, 0) is 10.0 Å². The lowest BCUT2D eigenvalue weighted by atomic mass is 9.98. The number of halogens is 2. The minimum atomic E-state index is -3.57. The zero-order valence-electron chi connectivity index (χ0n) is 13.4. The minimum Gasteiger partial charge on any atom is -0.244 e. The molecule has 0 radical (unpaired) electrons. The molecule has 4 rings (SSSR count). The Morgan fingerprint density at radius 2 is 1.85 bits per heavy atom. The van der Waals surface area contributed by atoms with Gasteiger partial charge < -0.3 is 0 Å². The van der Waals surface area contributed by atoms with Crippen LogP contribution in [0.15, 0.2) is 64.1 Å². The predicted molar refractivity (Wildman–Crippen MR) is 101 cm³/mol. The molecule has 0 saturated carbocycles. The van der Waals surface area contributed by atoms with Crippen LogP contribution in [0.1, 0.15) is 5.56 Å². The molecule has 2 heterocycles. The van der Waals surface area contributed by atoms with Crippen LogP contribution in [0.2, 0.25) is 0 Å². The van der Waals surface area contributed by atoms with E-state index in [2.05, 4.69) is 9.50 Å². The minimum absolute atomic E-state index is 0.140. The van der Waals surface area contributed by atoms with E-state index in [-0.39, 0.29) is 23.3 Å². The van der Waals surface area contributed by atoms with Crippen molar-refractivity contribution in [3.63, 3.8) is 0 Å². The molecule has 0 aliphatic carbocycles. The largest absolute Gasteiger partial charge is 0.256 e. The van der Waals surface area contributed by atoms with Crippen LogP contribution in [-0.4, -0.2) is 36.7 Å². The Labute approximate surface area is 155 Å². The summed E-state index contributed by atoms with van der Waals surface area (Å²) >= 11 is 6.05. The quantitative estimate of drug-likeness (QED) is 0.789. The Morgan fingerprint density at radius 3 is 2.58 bits per heavy atom. The molecule has 0 spiro atoms. The van der Waals surface area contributed by atoms with Crippen molar-refractivity contribution in [2.75, 3.05) is 12.3 Å². The summed E-state index contributed by atoms with van der Waals surface area (Å²) in [4.78, 5) is 0. The highest BCUT2D eigenvalue weighted by Gasteiger charge is 2.30. The first-order valence-electron chi connectivity index (χ1n) is 7.85. The number of nitrogens with zero attached hydrogens (tertiary/aromatic N) is 3. The summed E-state index contributed by atoms with van der Waals surface area (Å²) in [5.41, 5.74) is 2.12. The average molecular weight is 390 g/mol. The molecule has 2 aliphatic heterocycles. The van der Waals surface area contributed by atoms with Crippen LogP contribution in [0.4, 0.5) is 4.39 Å². The highest BCUT2D eigenvalue weighted by molar-refractivity contribution is 7.90. The molecule has 0 amide bonds. The highest BCUT2D eigenvalue weighted by atomic mass is 35.5. The molecule has 0 aromatic heterocycles. The summed E-state index contributed by atoms with van der Waals surface area (Å²) < 4.78 is 42.2. The standard InChI is InChI=1S/C18H13ClFN3O2S/c19-17-11-15(18-22-26(24,25)9-8-23(18)21-17)13-6-7-14(16(20)10-13)12-4-2-1-3-5-12/h1-7,10-11H,8-9H2. The van der Waals surface area contributed by atoms with Crippen LogP contribution in [0, 0.1) is 5.82 Å². The van der Waals surface area contributed by atoms with Gasteiger partial charge in [-0.3, -0.25) is 0 Å².